The van der Waals surface area contributed by atoms with Crippen molar-refractivity contribution in [2.24, 2.45) is 0 Å². The van der Waals surface area contributed by atoms with E-state index in [4.69, 9.17) is 11.6 Å². The maximum atomic E-state index is 12.9. The first kappa shape index (κ1) is 16.3. The van der Waals surface area contributed by atoms with Crippen LogP contribution < -0.4 is 5.32 Å². The highest BCUT2D eigenvalue weighted by Gasteiger charge is 2.35. The molecule has 0 fully saturated rings. The molecule has 19 heavy (non-hydrogen) atoms. The highest BCUT2D eigenvalue weighted by atomic mass is 79.9. The van der Waals surface area contributed by atoms with Gasteiger partial charge in [0.25, 0.3) is 5.91 Å². The third-order valence-corrected chi connectivity index (χ3v) is 3.41. The van der Waals surface area contributed by atoms with Crippen molar-refractivity contribution in [1.29, 1.82) is 0 Å². The molecule has 0 heterocycles. The van der Waals surface area contributed by atoms with Crippen molar-refractivity contribution in [1.82, 2.24) is 5.32 Å². The first-order valence-corrected chi connectivity index (χ1v) is 6.86. The molecule has 0 bridgehead atoms. The summed E-state index contributed by atoms with van der Waals surface area (Å²) in [5.74, 6) is -0.618. The van der Waals surface area contributed by atoms with E-state index in [1.807, 2.05) is 0 Å². The van der Waals surface area contributed by atoms with Gasteiger partial charge in [0.2, 0.25) is 0 Å². The van der Waals surface area contributed by atoms with Crippen LogP contribution >= 0.6 is 27.5 Å². The summed E-state index contributed by atoms with van der Waals surface area (Å²) in [6.07, 6.45) is -4.04. The number of benzene rings is 1. The average molecular weight is 359 g/mol. The maximum absolute atomic E-state index is 12.9. The van der Waals surface area contributed by atoms with Gasteiger partial charge in [-0.1, -0.05) is 22.9 Å². The molecule has 1 N–H and O–H groups in total. The predicted octanol–water partition coefficient (Wildman–Crippen LogP) is 4.22. The predicted molar refractivity (Wildman–Crippen MR) is 71.4 cm³/mol. The molecule has 0 radical (unpaired) electrons. The SMILES string of the molecule is CCC(CCl)NC(=O)c1ccc(Br)cc1C(F)(F)F. The van der Waals surface area contributed by atoms with Crippen LogP contribution in [0.1, 0.15) is 29.3 Å². The molecule has 106 valence electrons. The van der Waals surface area contributed by atoms with Gasteiger partial charge in [0.05, 0.1) is 11.1 Å². The van der Waals surface area contributed by atoms with E-state index in [2.05, 4.69) is 21.2 Å². The Hall–Kier alpha value is -0.750. The maximum Gasteiger partial charge on any atom is 0.417 e. The van der Waals surface area contributed by atoms with Crippen molar-refractivity contribution in [3.05, 3.63) is 33.8 Å². The summed E-state index contributed by atoms with van der Waals surface area (Å²) in [6, 6.07) is 3.07. The molecule has 1 rings (SSSR count). The Balaban J connectivity index is 3.09. The van der Waals surface area contributed by atoms with Crippen molar-refractivity contribution in [2.75, 3.05) is 5.88 Å². The molecule has 1 aromatic carbocycles. The normalized spacial score (nSPS) is 13.2. The Morgan fingerprint density at radius 1 is 1.47 bits per heavy atom. The first-order valence-electron chi connectivity index (χ1n) is 5.53. The Morgan fingerprint density at radius 3 is 2.58 bits per heavy atom. The van der Waals surface area contributed by atoms with Gasteiger partial charge in [-0.3, -0.25) is 4.79 Å². The molecule has 0 saturated carbocycles. The molecule has 0 aliphatic heterocycles. The molecular weight excluding hydrogens is 346 g/mol. The lowest BCUT2D eigenvalue weighted by Crippen LogP contribution is -2.36. The number of carbonyl (C=O) groups excluding carboxylic acids is 1. The van der Waals surface area contributed by atoms with E-state index in [1.165, 1.54) is 6.07 Å². The van der Waals surface area contributed by atoms with Crippen molar-refractivity contribution in [3.63, 3.8) is 0 Å². The number of hydrogen-bond donors (Lipinski definition) is 1. The minimum Gasteiger partial charge on any atom is -0.348 e. The van der Waals surface area contributed by atoms with Crippen molar-refractivity contribution < 1.29 is 18.0 Å². The standard InChI is InChI=1S/C12H12BrClF3NO/c1-2-8(6-14)18-11(19)9-4-3-7(13)5-10(9)12(15,16)17/h3-5,8H,2,6H2,1H3,(H,18,19). The fourth-order valence-corrected chi connectivity index (χ4v) is 2.12. The van der Waals surface area contributed by atoms with E-state index in [0.717, 1.165) is 12.1 Å². The van der Waals surface area contributed by atoms with Crippen LogP contribution in [0.4, 0.5) is 13.2 Å². The van der Waals surface area contributed by atoms with Crippen LogP contribution in [0.5, 0.6) is 0 Å². The van der Waals surface area contributed by atoms with Crippen LogP contribution in [0.3, 0.4) is 0 Å². The minimum atomic E-state index is -4.58. The van der Waals surface area contributed by atoms with Gasteiger partial charge in [-0.2, -0.15) is 13.2 Å². The lowest BCUT2D eigenvalue weighted by atomic mass is 10.1. The zero-order chi connectivity index (χ0) is 14.6. The molecule has 1 atom stereocenters. The number of nitrogens with one attached hydrogen (secondary N) is 1. The average Bonchev–Trinajstić information content (AvgIpc) is 2.34. The topological polar surface area (TPSA) is 29.1 Å². The molecule has 2 nitrogen and oxygen atoms in total. The zero-order valence-electron chi connectivity index (χ0n) is 10.0. The van der Waals surface area contributed by atoms with Crippen LogP contribution in [-0.4, -0.2) is 17.8 Å². The molecule has 0 aromatic heterocycles. The zero-order valence-corrected chi connectivity index (χ0v) is 12.4. The highest BCUT2D eigenvalue weighted by Crippen LogP contribution is 2.33. The summed E-state index contributed by atoms with van der Waals surface area (Å²) in [7, 11) is 0. The molecule has 0 aliphatic rings. The minimum absolute atomic E-state index is 0.153. The second-order valence-electron chi connectivity index (χ2n) is 3.92. The van der Waals surface area contributed by atoms with Crippen molar-refractivity contribution >= 4 is 33.4 Å². The summed E-state index contributed by atoms with van der Waals surface area (Å²) in [5.41, 5.74) is -1.37. The number of amides is 1. The summed E-state index contributed by atoms with van der Waals surface area (Å²) in [5, 5.41) is 2.48. The number of halogens is 5. The van der Waals surface area contributed by atoms with Gasteiger partial charge in [-0.25, -0.2) is 0 Å². The number of hydrogen-bond acceptors (Lipinski definition) is 1. The van der Waals surface area contributed by atoms with Gasteiger partial charge in [0, 0.05) is 16.4 Å². The van der Waals surface area contributed by atoms with Gasteiger partial charge in [-0.15, -0.1) is 11.6 Å². The van der Waals surface area contributed by atoms with Crippen LogP contribution in [0.25, 0.3) is 0 Å². The van der Waals surface area contributed by atoms with E-state index in [-0.39, 0.29) is 16.4 Å². The summed E-state index contributed by atoms with van der Waals surface area (Å²) in [6.45, 7) is 1.79. The van der Waals surface area contributed by atoms with E-state index < -0.39 is 23.2 Å². The Morgan fingerprint density at radius 2 is 2.11 bits per heavy atom. The highest BCUT2D eigenvalue weighted by molar-refractivity contribution is 9.10. The fourth-order valence-electron chi connectivity index (χ4n) is 1.46. The van der Waals surface area contributed by atoms with Gasteiger partial charge < -0.3 is 5.32 Å². The van der Waals surface area contributed by atoms with Gasteiger partial charge in [0.1, 0.15) is 0 Å². The number of rotatable bonds is 4. The molecule has 1 unspecified atom stereocenters. The second kappa shape index (κ2) is 6.61. The van der Waals surface area contributed by atoms with E-state index in [1.54, 1.807) is 6.92 Å². The van der Waals surface area contributed by atoms with Gasteiger partial charge in [-0.05, 0) is 24.6 Å². The van der Waals surface area contributed by atoms with Crippen LogP contribution in [0.2, 0.25) is 0 Å². The smallest absolute Gasteiger partial charge is 0.348 e. The Labute approximate surface area is 122 Å². The third-order valence-electron chi connectivity index (χ3n) is 2.55. The second-order valence-corrected chi connectivity index (χ2v) is 5.14. The summed E-state index contributed by atoms with van der Waals surface area (Å²) < 4.78 is 38.9. The van der Waals surface area contributed by atoms with Crippen molar-refractivity contribution in [3.8, 4) is 0 Å². The molecular formula is C12H12BrClF3NO. The summed E-state index contributed by atoms with van der Waals surface area (Å²) in [4.78, 5) is 11.9. The molecule has 1 aromatic rings. The van der Waals surface area contributed by atoms with Crippen molar-refractivity contribution in [2.45, 2.75) is 25.6 Å². The molecule has 7 heteroatoms. The van der Waals surface area contributed by atoms with E-state index >= 15 is 0 Å². The number of carbonyl (C=O) groups is 1. The van der Waals surface area contributed by atoms with E-state index in [0.29, 0.717) is 6.42 Å². The quantitative estimate of drug-likeness (QED) is 0.803. The summed E-state index contributed by atoms with van der Waals surface area (Å²) >= 11 is 8.57. The Kier molecular flexibility index (Phi) is 5.67. The van der Waals surface area contributed by atoms with Gasteiger partial charge >= 0.3 is 6.18 Å². The lowest BCUT2D eigenvalue weighted by molar-refractivity contribution is -0.138. The van der Waals surface area contributed by atoms with E-state index in [9.17, 15) is 18.0 Å². The third kappa shape index (κ3) is 4.38. The van der Waals surface area contributed by atoms with Crippen LogP contribution in [0, 0.1) is 0 Å². The monoisotopic (exact) mass is 357 g/mol. The molecule has 0 aliphatic carbocycles. The van der Waals surface area contributed by atoms with Crippen LogP contribution in [0.15, 0.2) is 22.7 Å². The molecule has 0 saturated heterocycles. The molecule has 0 spiro atoms. The largest absolute Gasteiger partial charge is 0.417 e. The lowest BCUT2D eigenvalue weighted by Gasteiger charge is -2.17. The number of alkyl halides is 4. The fraction of sp³-hybridized carbons (Fsp3) is 0.417. The molecule has 1 amide bonds. The van der Waals surface area contributed by atoms with Crippen LogP contribution in [-0.2, 0) is 6.18 Å². The Bertz CT molecular complexity index is 461. The first-order chi connectivity index (χ1) is 8.79. The van der Waals surface area contributed by atoms with Gasteiger partial charge in [0.15, 0.2) is 0 Å².